The normalized spacial score (nSPS) is 11.9. The minimum atomic E-state index is -0.588. The third-order valence-corrected chi connectivity index (χ3v) is 5.07. The zero-order valence-electron chi connectivity index (χ0n) is 16.8. The molecule has 1 N–H and O–H groups in total. The van der Waals surface area contributed by atoms with E-state index in [0.717, 1.165) is 22.3 Å². The van der Waals surface area contributed by atoms with Crippen molar-refractivity contribution in [2.24, 2.45) is 0 Å². The highest BCUT2D eigenvalue weighted by molar-refractivity contribution is 6.19. The van der Waals surface area contributed by atoms with Crippen LogP contribution in [0, 0.1) is 0 Å². The van der Waals surface area contributed by atoms with Crippen molar-refractivity contribution in [2.75, 3.05) is 33.4 Å². The molecule has 0 bridgehead atoms. The molecule has 2 radical (unpaired) electrons. The Morgan fingerprint density at radius 3 is 2.20 bits per heavy atom. The number of nitrogens with zero attached hydrogens (tertiary/aromatic N) is 1. The van der Waals surface area contributed by atoms with Crippen LogP contribution < -0.4 is 5.32 Å². The molecule has 8 heteroatoms. The van der Waals surface area contributed by atoms with E-state index in [1.807, 2.05) is 36.4 Å². The van der Waals surface area contributed by atoms with E-state index >= 15 is 0 Å². The van der Waals surface area contributed by atoms with E-state index < -0.39 is 18.0 Å². The lowest BCUT2D eigenvalue weighted by Gasteiger charge is -2.21. The van der Waals surface area contributed by atoms with Crippen molar-refractivity contribution in [3.63, 3.8) is 0 Å². The van der Waals surface area contributed by atoms with Gasteiger partial charge >= 0.3 is 12.1 Å². The summed E-state index contributed by atoms with van der Waals surface area (Å²) >= 11 is 0. The van der Waals surface area contributed by atoms with Crippen LogP contribution in [0.1, 0.15) is 17.0 Å². The van der Waals surface area contributed by atoms with Gasteiger partial charge in [0.1, 0.15) is 13.2 Å². The second-order valence-corrected chi connectivity index (χ2v) is 6.85. The first-order valence-electron chi connectivity index (χ1n) is 9.68. The summed E-state index contributed by atoms with van der Waals surface area (Å²) in [4.78, 5) is 36.6. The summed E-state index contributed by atoms with van der Waals surface area (Å²) in [7, 11) is 6.60. The second kappa shape index (κ2) is 9.96. The molecule has 0 atom stereocenters. The average Bonchev–Trinajstić information content (AvgIpc) is 3.10. The van der Waals surface area contributed by atoms with Gasteiger partial charge in [0.25, 0.3) is 0 Å². The van der Waals surface area contributed by atoms with Crippen LogP contribution in [0.25, 0.3) is 11.1 Å². The molecule has 0 unspecified atom stereocenters. The fourth-order valence-electron chi connectivity index (χ4n) is 3.58. The number of esters is 1. The van der Waals surface area contributed by atoms with E-state index in [9.17, 15) is 14.4 Å². The Morgan fingerprint density at radius 2 is 1.63 bits per heavy atom. The fraction of sp³-hybridized carbons (Fsp3) is 0.318. The van der Waals surface area contributed by atoms with Gasteiger partial charge in [-0.1, -0.05) is 48.5 Å². The molecule has 3 rings (SSSR count). The molecule has 2 aromatic rings. The Bertz CT molecular complexity index is 888. The lowest BCUT2D eigenvalue weighted by Crippen LogP contribution is -2.41. The van der Waals surface area contributed by atoms with Crippen LogP contribution in [0.5, 0.6) is 0 Å². The van der Waals surface area contributed by atoms with E-state index in [4.69, 9.17) is 12.6 Å². The summed E-state index contributed by atoms with van der Waals surface area (Å²) in [5.74, 6) is -0.995. The lowest BCUT2D eigenvalue weighted by atomic mass is 9.98. The maximum Gasteiger partial charge on any atom is 0.407 e. The van der Waals surface area contributed by atoms with E-state index in [2.05, 4.69) is 22.2 Å². The molecular formula is C22H23BN2O5. The Hall–Kier alpha value is -3.29. The number of rotatable bonds is 8. The number of benzene rings is 2. The molecule has 154 valence electrons. The van der Waals surface area contributed by atoms with E-state index in [-0.39, 0.29) is 38.5 Å². The van der Waals surface area contributed by atoms with Gasteiger partial charge in [0.15, 0.2) is 0 Å². The summed E-state index contributed by atoms with van der Waals surface area (Å²) in [5.41, 5.74) is 4.57. The van der Waals surface area contributed by atoms with Crippen molar-refractivity contribution >= 4 is 25.8 Å². The highest BCUT2D eigenvalue weighted by atomic mass is 16.5. The topological polar surface area (TPSA) is 84.9 Å². The summed E-state index contributed by atoms with van der Waals surface area (Å²) in [6.07, 6.45) is -0.822. The Labute approximate surface area is 176 Å². The lowest BCUT2D eigenvalue weighted by molar-refractivity contribution is -0.146. The summed E-state index contributed by atoms with van der Waals surface area (Å²) in [6.45, 7) is 0.223. The molecule has 0 saturated carbocycles. The monoisotopic (exact) mass is 406 g/mol. The number of fused-ring (bicyclic) bond motifs is 3. The van der Waals surface area contributed by atoms with E-state index in [1.165, 1.54) is 12.0 Å². The molecular weight excluding hydrogens is 383 g/mol. The number of methoxy groups -OCH3 is 1. The van der Waals surface area contributed by atoms with Crippen LogP contribution in [0.2, 0.25) is 6.32 Å². The third-order valence-electron chi connectivity index (χ3n) is 5.07. The van der Waals surface area contributed by atoms with Crippen molar-refractivity contribution in [1.82, 2.24) is 10.2 Å². The average molecular weight is 406 g/mol. The summed E-state index contributed by atoms with van der Waals surface area (Å²) in [6, 6.07) is 16.2. The number of carbonyl (C=O) groups excluding carboxylic acids is 3. The van der Waals surface area contributed by atoms with Gasteiger partial charge in [0.2, 0.25) is 5.91 Å². The first-order chi connectivity index (χ1) is 14.5. The minimum Gasteiger partial charge on any atom is -0.468 e. The molecule has 0 heterocycles. The maximum atomic E-state index is 12.2. The SMILES string of the molecule is [B]CC(=O)N(CCNC(=O)OCC1c2ccccc2-c2ccccc21)CC(=O)OC. The van der Waals surface area contributed by atoms with Crippen LogP contribution in [0.4, 0.5) is 4.79 Å². The van der Waals surface area contributed by atoms with Gasteiger partial charge in [-0.15, -0.1) is 0 Å². The number of hydrogen-bond acceptors (Lipinski definition) is 5. The standard InChI is InChI=1S/C22H23BN2O5/c1-29-21(27)13-25(20(26)12-23)11-10-24-22(28)30-14-19-17-8-4-2-6-15(17)16-7-3-5-9-18(16)19/h2-9,19H,10-14H2,1H3,(H,24,28). The van der Waals surface area contributed by atoms with Gasteiger partial charge < -0.3 is 19.7 Å². The number of amides is 2. The van der Waals surface area contributed by atoms with Crippen LogP contribution >= 0.6 is 0 Å². The smallest absolute Gasteiger partial charge is 0.407 e. The third kappa shape index (κ3) is 4.82. The number of hydrogen-bond donors (Lipinski definition) is 1. The number of nitrogens with one attached hydrogen (secondary N) is 1. The van der Waals surface area contributed by atoms with Crippen molar-refractivity contribution in [2.45, 2.75) is 12.2 Å². The Balaban J connectivity index is 1.54. The highest BCUT2D eigenvalue weighted by Crippen LogP contribution is 2.44. The van der Waals surface area contributed by atoms with Gasteiger partial charge in [-0.2, -0.15) is 0 Å². The first-order valence-corrected chi connectivity index (χ1v) is 9.68. The largest absolute Gasteiger partial charge is 0.468 e. The van der Waals surface area contributed by atoms with Crippen molar-refractivity contribution in [3.8, 4) is 11.1 Å². The van der Waals surface area contributed by atoms with Crippen molar-refractivity contribution in [1.29, 1.82) is 0 Å². The quantitative estimate of drug-likeness (QED) is 0.536. The molecule has 0 aromatic heterocycles. The predicted molar refractivity (Wildman–Crippen MR) is 112 cm³/mol. The molecule has 0 fully saturated rings. The number of ether oxygens (including phenoxy) is 2. The molecule has 7 nitrogen and oxygen atoms in total. The van der Waals surface area contributed by atoms with Crippen molar-refractivity contribution in [3.05, 3.63) is 59.7 Å². The van der Waals surface area contributed by atoms with Crippen molar-refractivity contribution < 1.29 is 23.9 Å². The highest BCUT2D eigenvalue weighted by Gasteiger charge is 2.29. The number of carbonyl (C=O) groups is 3. The Kier molecular flexibility index (Phi) is 7.11. The molecule has 0 saturated heterocycles. The summed E-state index contributed by atoms with van der Waals surface area (Å²) < 4.78 is 10.0. The predicted octanol–water partition coefficient (Wildman–Crippen LogP) is 2.11. The number of alkyl carbamates (subject to hydrolysis) is 1. The van der Waals surface area contributed by atoms with Crippen LogP contribution in [-0.2, 0) is 19.1 Å². The molecule has 0 spiro atoms. The molecule has 1 aliphatic rings. The molecule has 1 aliphatic carbocycles. The molecule has 2 amide bonds. The molecule has 30 heavy (non-hydrogen) atoms. The van der Waals surface area contributed by atoms with E-state index in [1.54, 1.807) is 0 Å². The maximum absolute atomic E-state index is 12.2. The second-order valence-electron chi connectivity index (χ2n) is 6.85. The van der Waals surface area contributed by atoms with E-state index in [0.29, 0.717) is 0 Å². The van der Waals surface area contributed by atoms with Crippen LogP contribution in [0.15, 0.2) is 48.5 Å². The molecule has 0 aliphatic heterocycles. The van der Waals surface area contributed by atoms with Gasteiger partial charge in [-0.05, 0) is 28.6 Å². The molecule has 2 aromatic carbocycles. The minimum absolute atomic E-state index is 0.0298. The van der Waals surface area contributed by atoms with Gasteiger partial charge in [-0.25, -0.2) is 4.79 Å². The van der Waals surface area contributed by atoms with Gasteiger partial charge in [-0.3, -0.25) is 9.59 Å². The Morgan fingerprint density at radius 1 is 1.03 bits per heavy atom. The van der Waals surface area contributed by atoms with Crippen LogP contribution in [0.3, 0.4) is 0 Å². The zero-order valence-corrected chi connectivity index (χ0v) is 16.8. The first kappa shape index (κ1) is 21.4. The zero-order chi connectivity index (χ0) is 21.5. The van der Waals surface area contributed by atoms with Crippen LogP contribution in [-0.4, -0.2) is 64.1 Å². The van der Waals surface area contributed by atoms with Gasteiger partial charge in [0.05, 0.1) is 15.0 Å². The fourth-order valence-corrected chi connectivity index (χ4v) is 3.58. The van der Waals surface area contributed by atoms with Gasteiger partial charge in [0, 0.05) is 19.0 Å². The summed E-state index contributed by atoms with van der Waals surface area (Å²) in [5, 5.41) is 2.61.